The molecule has 2 N–H and O–H groups in total. The summed E-state index contributed by atoms with van der Waals surface area (Å²) in [5, 5.41) is 2.49. The predicted molar refractivity (Wildman–Crippen MR) is 120 cm³/mol. The van der Waals surface area contributed by atoms with E-state index in [0.29, 0.717) is 29.5 Å². The number of carbonyl (C=O) groups excluding carboxylic acids is 1. The van der Waals surface area contributed by atoms with Gasteiger partial charge in [0.1, 0.15) is 35.5 Å². The Morgan fingerprint density at radius 1 is 1.09 bits per heavy atom. The van der Waals surface area contributed by atoms with E-state index < -0.39 is 15.9 Å². The van der Waals surface area contributed by atoms with Crippen LogP contribution >= 0.6 is 11.3 Å². The monoisotopic (exact) mass is 491 g/mol. The Morgan fingerprint density at radius 2 is 1.82 bits per heavy atom. The fraction of sp³-hybridized carbons (Fsp3) is 0.273. The maximum atomic E-state index is 13.0. The molecule has 2 heterocycles. The number of benzene rings is 2. The van der Waals surface area contributed by atoms with Gasteiger partial charge in [-0.2, -0.15) is 4.31 Å². The summed E-state index contributed by atoms with van der Waals surface area (Å²) in [6, 6.07) is 9.81. The van der Waals surface area contributed by atoms with Crippen molar-refractivity contribution in [1.29, 1.82) is 0 Å². The first-order chi connectivity index (χ1) is 15.8. The molecule has 0 saturated carbocycles. The minimum atomic E-state index is -3.68. The van der Waals surface area contributed by atoms with Crippen LogP contribution in [-0.4, -0.2) is 36.7 Å². The zero-order valence-corrected chi connectivity index (χ0v) is 19.2. The normalized spacial score (nSPS) is 14.3. The summed E-state index contributed by atoms with van der Waals surface area (Å²) in [6.07, 6.45) is 1.63. The highest BCUT2D eigenvalue weighted by atomic mass is 32.2. The van der Waals surface area contributed by atoms with E-state index in [1.165, 1.54) is 58.1 Å². The summed E-state index contributed by atoms with van der Waals surface area (Å²) < 4.78 is 51.2. The van der Waals surface area contributed by atoms with Crippen LogP contribution in [0, 0.1) is 5.82 Å². The number of thiazole rings is 1. The number of hydrogen-bond acceptors (Lipinski definition) is 7. The van der Waals surface area contributed by atoms with Gasteiger partial charge in [-0.05, 0) is 55.3 Å². The minimum Gasteiger partial charge on any atom is -0.486 e. The van der Waals surface area contributed by atoms with E-state index in [9.17, 15) is 17.6 Å². The third-order valence-corrected chi connectivity index (χ3v) is 7.84. The molecule has 1 aliphatic rings. The molecule has 0 spiro atoms. The summed E-state index contributed by atoms with van der Waals surface area (Å²) in [5.74, 6) is -0.414. The summed E-state index contributed by atoms with van der Waals surface area (Å²) in [6.45, 7) is 1.20. The van der Waals surface area contributed by atoms with Gasteiger partial charge in [0.05, 0.1) is 16.2 Å². The van der Waals surface area contributed by atoms with Gasteiger partial charge in [0.2, 0.25) is 10.0 Å². The smallest absolute Gasteiger partial charge is 0.252 e. The molecule has 33 heavy (non-hydrogen) atoms. The van der Waals surface area contributed by atoms with Crippen LogP contribution in [0.25, 0.3) is 0 Å². The summed E-state index contributed by atoms with van der Waals surface area (Å²) in [5.41, 5.74) is 6.08. The molecule has 1 saturated heterocycles. The van der Waals surface area contributed by atoms with Gasteiger partial charge < -0.3 is 15.2 Å². The number of aromatic nitrogens is 1. The molecule has 1 fully saturated rings. The van der Waals surface area contributed by atoms with E-state index in [2.05, 4.69) is 4.98 Å². The Hall–Kier alpha value is -3.02. The maximum absolute atomic E-state index is 13.0. The van der Waals surface area contributed by atoms with Gasteiger partial charge in [0, 0.05) is 18.5 Å². The maximum Gasteiger partial charge on any atom is 0.252 e. The quantitative estimate of drug-likeness (QED) is 0.492. The average molecular weight is 492 g/mol. The first kappa shape index (κ1) is 23.1. The number of nitrogens with zero attached hydrogens (tertiary/aromatic N) is 2. The number of nitrogens with two attached hydrogens (primary N) is 1. The van der Waals surface area contributed by atoms with Crippen LogP contribution in [-0.2, 0) is 23.2 Å². The third-order valence-electron chi connectivity index (χ3n) is 5.07. The largest absolute Gasteiger partial charge is 0.486 e. The number of ether oxygens (including phenoxy) is 2. The lowest BCUT2D eigenvalue weighted by Gasteiger charge is -2.17. The van der Waals surface area contributed by atoms with Crippen molar-refractivity contribution < 1.29 is 27.1 Å². The second kappa shape index (κ2) is 9.86. The third kappa shape index (κ3) is 5.49. The van der Waals surface area contributed by atoms with Crippen molar-refractivity contribution in [3.05, 3.63) is 69.9 Å². The van der Waals surface area contributed by atoms with Gasteiger partial charge in [0.15, 0.2) is 0 Å². The number of primary amides is 1. The average Bonchev–Trinajstić information content (AvgIpc) is 3.50. The Bertz CT molecular complexity index is 1240. The summed E-state index contributed by atoms with van der Waals surface area (Å²) in [7, 11) is -3.68. The van der Waals surface area contributed by atoms with Gasteiger partial charge in [0.25, 0.3) is 5.91 Å². The predicted octanol–water partition coefficient (Wildman–Crippen LogP) is 3.32. The lowest BCUT2D eigenvalue weighted by Crippen LogP contribution is -2.28. The minimum absolute atomic E-state index is 0.00892. The fourth-order valence-corrected chi connectivity index (χ4v) is 5.61. The topological polar surface area (TPSA) is 112 Å². The molecule has 0 atom stereocenters. The van der Waals surface area contributed by atoms with Gasteiger partial charge in [-0.25, -0.2) is 17.8 Å². The fourth-order valence-electron chi connectivity index (χ4n) is 3.37. The van der Waals surface area contributed by atoms with Crippen molar-refractivity contribution >= 4 is 27.3 Å². The van der Waals surface area contributed by atoms with Crippen LogP contribution in [0.5, 0.6) is 11.5 Å². The van der Waals surface area contributed by atoms with E-state index in [0.717, 1.165) is 12.8 Å². The molecule has 0 aliphatic carbocycles. The molecular formula is C22H22FN3O5S2. The van der Waals surface area contributed by atoms with E-state index >= 15 is 0 Å². The zero-order valence-electron chi connectivity index (χ0n) is 17.6. The molecular weight excluding hydrogens is 469 g/mol. The Balaban J connectivity index is 1.41. The van der Waals surface area contributed by atoms with Crippen molar-refractivity contribution in [2.45, 2.75) is 31.0 Å². The molecule has 4 rings (SSSR count). The van der Waals surface area contributed by atoms with Crippen LogP contribution in [0.2, 0.25) is 0 Å². The molecule has 2 aromatic carbocycles. The van der Waals surface area contributed by atoms with E-state index in [-0.39, 0.29) is 35.2 Å². The lowest BCUT2D eigenvalue weighted by atomic mass is 10.2. The van der Waals surface area contributed by atoms with Crippen molar-refractivity contribution in [1.82, 2.24) is 9.29 Å². The molecule has 174 valence electrons. The molecule has 0 bridgehead atoms. The molecule has 11 heteroatoms. The Labute approximate surface area is 194 Å². The van der Waals surface area contributed by atoms with E-state index in [1.807, 2.05) is 0 Å². The molecule has 0 unspecified atom stereocenters. The van der Waals surface area contributed by atoms with Crippen molar-refractivity contribution in [3.8, 4) is 11.5 Å². The second-order valence-electron chi connectivity index (χ2n) is 7.40. The lowest BCUT2D eigenvalue weighted by molar-refractivity contribution is 0.0995. The molecule has 0 radical (unpaired) electrons. The molecule has 1 amide bonds. The molecule has 1 aliphatic heterocycles. The van der Waals surface area contributed by atoms with Crippen LogP contribution in [0.1, 0.15) is 33.9 Å². The molecule has 8 nitrogen and oxygen atoms in total. The van der Waals surface area contributed by atoms with Crippen LogP contribution in [0.15, 0.2) is 52.7 Å². The van der Waals surface area contributed by atoms with Gasteiger partial charge in [-0.1, -0.05) is 0 Å². The molecule has 1 aromatic heterocycles. The highest BCUT2D eigenvalue weighted by Crippen LogP contribution is 2.27. The van der Waals surface area contributed by atoms with Gasteiger partial charge in [-0.3, -0.25) is 4.79 Å². The second-order valence-corrected chi connectivity index (χ2v) is 10.3. The van der Waals surface area contributed by atoms with E-state index in [1.54, 1.807) is 5.38 Å². The van der Waals surface area contributed by atoms with Crippen molar-refractivity contribution in [2.75, 3.05) is 13.1 Å². The number of carbonyl (C=O) groups is 1. The number of amides is 1. The van der Waals surface area contributed by atoms with Crippen LogP contribution in [0.4, 0.5) is 4.39 Å². The first-order valence-electron chi connectivity index (χ1n) is 10.2. The van der Waals surface area contributed by atoms with Crippen molar-refractivity contribution in [3.63, 3.8) is 0 Å². The molecule has 3 aromatic rings. The van der Waals surface area contributed by atoms with Crippen molar-refractivity contribution in [2.24, 2.45) is 5.73 Å². The Morgan fingerprint density at radius 3 is 2.52 bits per heavy atom. The Kier molecular flexibility index (Phi) is 6.91. The van der Waals surface area contributed by atoms with E-state index in [4.69, 9.17) is 15.2 Å². The highest BCUT2D eigenvalue weighted by Gasteiger charge is 2.28. The van der Waals surface area contributed by atoms with Gasteiger partial charge in [-0.15, -0.1) is 11.3 Å². The SMILES string of the molecule is NC(=O)c1cc(S(=O)(=O)N2CCCC2)ccc1OCc1csc(COc2ccc(F)cc2)n1. The number of halogens is 1. The zero-order chi connectivity index (χ0) is 23.4. The first-order valence-corrected chi connectivity index (χ1v) is 12.5. The summed E-state index contributed by atoms with van der Waals surface area (Å²) >= 11 is 1.37. The van der Waals surface area contributed by atoms with Crippen LogP contribution < -0.4 is 15.2 Å². The summed E-state index contributed by atoms with van der Waals surface area (Å²) in [4.78, 5) is 16.4. The van der Waals surface area contributed by atoms with Gasteiger partial charge >= 0.3 is 0 Å². The standard InChI is InChI=1S/C22H22FN3O5S2/c23-15-3-5-17(6-4-15)30-13-21-25-16(14-32-21)12-31-20-8-7-18(11-19(20)22(24)27)33(28,29)26-9-1-2-10-26/h3-8,11,14H,1-2,9-10,12-13H2,(H2,24,27). The highest BCUT2D eigenvalue weighted by molar-refractivity contribution is 7.89. The van der Waals surface area contributed by atoms with Crippen LogP contribution in [0.3, 0.4) is 0 Å². The number of rotatable bonds is 9. The number of sulfonamides is 1. The number of hydrogen-bond donors (Lipinski definition) is 1.